The topological polar surface area (TPSA) is 18.5 Å². The van der Waals surface area contributed by atoms with Crippen LogP contribution in [0.1, 0.15) is 34.3 Å². The lowest BCUT2D eigenvalue weighted by Crippen LogP contribution is -2.22. The summed E-state index contributed by atoms with van der Waals surface area (Å²) in [4.78, 5) is 0. The van der Waals surface area contributed by atoms with E-state index in [0.717, 1.165) is 5.75 Å². The summed E-state index contributed by atoms with van der Waals surface area (Å²) >= 11 is 0. The predicted molar refractivity (Wildman–Crippen MR) is 95.3 cm³/mol. The summed E-state index contributed by atoms with van der Waals surface area (Å²) < 4.78 is 11.6. The van der Waals surface area contributed by atoms with Crippen molar-refractivity contribution in [1.82, 2.24) is 0 Å². The Morgan fingerprint density at radius 1 is 0.792 bits per heavy atom. The highest BCUT2D eigenvalue weighted by Crippen LogP contribution is 2.44. The summed E-state index contributed by atoms with van der Waals surface area (Å²) in [6.07, 6.45) is 0.00760. The molecule has 0 amide bonds. The van der Waals surface area contributed by atoms with E-state index in [1.54, 1.807) is 7.11 Å². The van der Waals surface area contributed by atoms with Crippen molar-refractivity contribution in [3.05, 3.63) is 101 Å². The molecular formula is C22H20O2. The number of hydrogen-bond acceptors (Lipinski definition) is 2. The SMILES string of the molecule is COc1ccc([C@@H]2OCc3ccccc3[C@@H]2c2ccccc2)cc1. The number of hydrogen-bond donors (Lipinski definition) is 0. The molecule has 24 heavy (non-hydrogen) atoms. The van der Waals surface area contributed by atoms with Crippen LogP contribution < -0.4 is 4.74 Å². The lowest BCUT2D eigenvalue weighted by Gasteiger charge is -2.34. The minimum absolute atomic E-state index is 0.00760. The molecule has 0 saturated heterocycles. The zero-order chi connectivity index (χ0) is 16.4. The molecule has 3 aromatic rings. The first-order valence-corrected chi connectivity index (χ1v) is 8.25. The molecule has 0 spiro atoms. The maximum atomic E-state index is 6.29. The molecule has 0 aromatic heterocycles. The maximum Gasteiger partial charge on any atom is 0.118 e. The third-order valence-electron chi connectivity index (χ3n) is 4.71. The first-order valence-electron chi connectivity index (χ1n) is 8.25. The molecule has 1 aliphatic heterocycles. The second-order valence-corrected chi connectivity index (χ2v) is 6.09. The van der Waals surface area contributed by atoms with E-state index >= 15 is 0 Å². The molecule has 0 fully saturated rings. The van der Waals surface area contributed by atoms with Crippen LogP contribution in [0, 0.1) is 0 Å². The van der Waals surface area contributed by atoms with E-state index in [9.17, 15) is 0 Å². The first kappa shape index (κ1) is 15.0. The van der Waals surface area contributed by atoms with Crippen LogP contribution in [0.4, 0.5) is 0 Å². The van der Waals surface area contributed by atoms with Gasteiger partial charge < -0.3 is 9.47 Å². The lowest BCUT2D eigenvalue weighted by atomic mass is 9.80. The van der Waals surface area contributed by atoms with Crippen LogP contribution >= 0.6 is 0 Å². The molecule has 0 radical (unpaired) electrons. The summed E-state index contributed by atoms with van der Waals surface area (Å²) in [6.45, 7) is 0.649. The van der Waals surface area contributed by atoms with Crippen molar-refractivity contribution in [2.75, 3.05) is 7.11 Å². The van der Waals surface area contributed by atoms with Gasteiger partial charge in [-0.1, -0.05) is 66.7 Å². The van der Waals surface area contributed by atoms with Crippen LogP contribution in [0.2, 0.25) is 0 Å². The molecular weight excluding hydrogens is 296 g/mol. The molecule has 2 heteroatoms. The van der Waals surface area contributed by atoms with E-state index in [1.807, 2.05) is 12.1 Å². The average Bonchev–Trinajstić information content (AvgIpc) is 2.68. The second kappa shape index (κ2) is 6.50. The van der Waals surface area contributed by atoms with Crippen LogP contribution in [0.15, 0.2) is 78.9 Å². The van der Waals surface area contributed by atoms with Crippen molar-refractivity contribution < 1.29 is 9.47 Å². The highest BCUT2D eigenvalue weighted by Gasteiger charge is 2.32. The zero-order valence-corrected chi connectivity index (χ0v) is 13.7. The summed E-state index contributed by atoms with van der Waals surface area (Å²) in [6, 6.07) is 27.4. The number of rotatable bonds is 3. The fourth-order valence-corrected chi connectivity index (χ4v) is 3.50. The number of methoxy groups -OCH3 is 1. The van der Waals surface area contributed by atoms with Gasteiger partial charge in [0, 0.05) is 5.92 Å². The Balaban J connectivity index is 1.80. The molecule has 0 aliphatic carbocycles. The standard InChI is InChI=1S/C22H20O2/c1-23-19-13-11-17(12-14-19)22-21(16-7-3-2-4-8-16)20-10-6-5-9-18(20)15-24-22/h2-14,21-22H,15H2,1H3/t21-,22-/m0/s1. The lowest BCUT2D eigenvalue weighted by molar-refractivity contribution is 0.0149. The van der Waals surface area contributed by atoms with E-state index < -0.39 is 0 Å². The van der Waals surface area contributed by atoms with E-state index in [2.05, 4.69) is 66.7 Å². The van der Waals surface area contributed by atoms with Gasteiger partial charge in [-0.3, -0.25) is 0 Å². The van der Waals surface area contributed by atoms with Crippen molar-refractivity contribution >= 4 is 0 Å². The number of benzene rings is 3. The molecule has 0 bridgehead atoms. The highest BCUT2D eigenvalue weighted by molar-refractivity contribution is 5.43. The molecule has 0 N–H and O–H groups in total. The van der Waals surface area contributed by atoms with Crippen molar-refractivity contribution in [1.29, 1.82) is 0 Å². The number of ether oxygens (including phenoxy) is 2. The van der Waals surface area contributed by atoms with Gasteiger partial charge in [0.15, 0.2) is 0 Å². The Kier molecular flexibility index (Phi) is 4.06. The molecule has 0 saturated carbocycles. The van der Waals surface area contributed by atoms with Crippen LogP contribution in [-0.2, 0) is 11.3 Å². The monoisotopic (exact) mass is 316 g/mol. The largest absolute Gasteiger partial charge is 0.497 e. The minimum Gasteiger partial charge on any atom is -0.497 e. The third-order valence-corrected chi connectivity index (χ3v) is 4.71. The Bertz CT molecular complexity index is 809. The van der Waals surface area contributed by atoms with Gasteiger partial charge in [0.25, 0.3) is 0 Å². The summed E-state index contributed by atoms with van der Waals surface area (Å²) in [5, 5.41) is 0. The van der Waals surface area contributed by atoms with E-state index in [4.69, 9.17) is 9.47 Å². The predicted octanol–water partition coefficient (Wildman–Crippen LogP) is 5.10. The van der Waals surface area contributed by atoms with Crippen LogP contribution in [0.5, 0.6) is 5.75 Å². The normalized spacial score (nSPS) is 19.5. The number of fused-ring (bicyclic) bond motifs is 1. The molecule has 120 valence electrons. The quantitative estimate of drug-likeness (QED) is 0.669. The third kappa shape index (κ3) is 2.70. The van der Waals surface area contributed by atoms with E-state index in [-0.39, 0.29) is 12.0 Å². The van der Waals surface area contributed by atoms with Crippen LogP contribution in [-0.4, -0.2) is 7.11 Å². The summed E-state index contributed by atoms with van der Waals surface area (Å²) in [7, 11) is 1.69. The molecule has 1 heterocycles. The molecule has 0 unspecified atom stereocenters. The minimum atomic E-state index is 0.00760. The summed E-state index contributed by atoms with van der Waals surface area (Å²) in [5.41, 5.74) is 5.09. The van der Waals surface area contributed by atoms with Gasteiger partial charge in [-0.2, -0.15) is 0 Å². The average molecular weight is 316 g/mol. The Morgan fingerprint density at radius 3 is 2.25 bits per heavy atom. The summed E-state index contributed by atoms with van der Waals surface area (Å²) in [5.74, 6) is 1.07. The second-order valence-electron chi connectivity index (χ2n) is 6.09. The van der Waals surface area contributed by atoms with Crippen LogP contribution in [0.25, 0.3) is 0 Å². The molecule has 2 atom stereocenters. The Labute approximate surface area is 142 Å². The fraction of sp³-hybridized carbons (Fsp3) is 0.182. The molecule has 4 rings (SSSR count). The maximum absolute atomic E-state index is 6.29. The van der Waals surface area contributed by atoms with Gasteiger partial charge in [0.05, 0.1) is 19.8 Å². The Morgan fingerprint density at radius 2 is 1.50 bits per heavy atom. The molecule has 2 nitrogen and oxygen atoms in total. The first-order chi connectivity index (χ1) is 11.9. The van der Waals surface area contributed by atoms with E-state index in [1.165, 1.54) is 22.3 Å². The van der Waals surface area contributed by atoms with Crippen molar-refractivity contribution in [2.24, 2.45) is 0 Å². The van der Waals surface area contributed by atoms with Crippen molar-refractivity contribution in [3.63, 3.8) is 0 Å². The highest BCUT2D eigenvalue weighted by atomic mass is 16.5. The van der Waals surface area contributed by atoms with Gasteiger partial charge in [0.2, 0.25) is 0 Å². The van der Waals surface area contributed by atoms with Crippen molar-refractivity contribution in [3.8, 4) is 5.75 Å². The van der Waals surface area contributed by atoms with Gasteiger partial charge in [0.1, 0.15) is 5.75 Å². The van der Waals surface area contributed by atoms with Crippen LogP contribution in [0.3, 0.4) is 0 Å². The van der Waals surface area contributed by atoms with Gasteiger partial charge in [-0.15, -0.1) is 0 Å². The van der Waals surface area contributed by atoms with E-state index in [0.29, 0.717) is 6.61 Å². The van der Waals surface area contributed by atoms with Crippen molar-refractivity contribution in [2.45, 2.75) is 18.6 Å². The van der Waals surface area contributed by atoms with Gasteiger partial charge in [-0.05, 0) is 34.4 Å². The smallest absolute Gasteiger partial charge is 0.118 e. The van der Waals surface area contributed by atoms with Gasteiger partial charge in [-0.25, -0.2) is 0 Å². The Hall–Kier alpha value is -2.58. The fourth-order valence-electron chi connectivity index (χ4n) is 3.50. The van der Waals surface area contributed by atoms with Gasteiger partial charge >= 0.3 is 0 Å². The zero-order valence-electron chi connectivity index (χ0n) is 13.7. The molecule has 3 aromatic carbocycles. The molecule has 1 aliphatic rings.